The van der Waals surface area contributed by atoms with Gasteiger partial charge in [-0.15, -0.1) is 0 Å². The summed E-state index contributed by atoms with van der Waals surface area (Å²) in [5, 5.41) is 5.32. The topological polar surface area (TPSA) is 67.3 Å². The number of nitrogens with zero attached hydrogens (tertiary/aromatic N) is 1. The van der Waals surface area contributed by atoms with Crippen LogP contribution in [0.15, 0.2) is 72.8 Å². The van der Waals surface area contributed by atoms with Gasteiger partial charge in [0.15, 0.2) is 0 Å². The zero-order valence-corrected chi connectivity index (χ0v) is 30.9. The summed E-state index contributed by atoms with van der Waals surface area (Å²) in [7, 11) is 5.89. The smallest absolute Gasteiger partial charge is 0.0195 e. The van der Waals surface area contributed by atoms with Crippen molar-refractivity contribution in [3.05, 3.63) is 95.1 Å². The molecule has 6 rings (SSSR count). The molecule has 5 heteroatoms. The Bertz CT molecular complexity index is 1220. The van der Waals surface area contributed by atoms with Crippen LogP contribution in [0.3, 0.4) is 0 Å². The summed E-state index contributed by atoms with van der Waals surface area (Å²) in [6.45, 7) is 16.6. The van der Waals surface area contributed by atoms with Crippen LogP contribution >= 0.6 is 0 Å². The van der Waals surface area contributed by atoms with Crippen LogP contribution in [0.2, 0.25) is 5.32 Å². The largest absolute Gasteiger partial charge is 0.333 e. The first-order valence-corrected chi connectivity index (χ1v) is 19.2. The SMILES string of the molecule is C=C(c1ccc2c(c1)C1c3ccccc3CC1C(C1=CCC(N)C=C1)N2)C1CC1CCC[Se]N(C)C.CC.CC.CC.CN. The van der Waals surface area contributed by atoms with Gasteiger partial charge in [0.1, 0.15) is 0 Å². The first-order chi connectivity index (χ1) is 21.5. The van der Waals surface area contributed by atoms with E-state index in [-0.39, 0.29) is 6.04 Å². The van der Waals surface area contributed by atoms with E-state index in [0.717, 1.165) is 18.8 Å². The summed E-state index contributed by atoms with van der Waals surface area (Å²) in [5.41, 5.74) is 20.5. The van der Waals surface area contributed by atoms with E-state index in [9.17, 15) is 0 Å². The monoisotopic (exact) mass is 666 g/mol. The van der Waals surface area contributed by atoms with E-state index in [0.29, 0.717) is 39.0 Å². The number of rotatable bonds is 8. The Labute approximate surface area is 277 Å². The molecule has 1 heterocycles. The zero-order valence-electron chi connectivity index (χ0n) is 29.2. The van der Waals surface area contributed by atoms with E-state index in [4.69, 9.17) is 5.73 Å². The fourth-order valence-electron chi connectivity index (χ4n) is 6.77. The third kappa shape index (κ3) is 9.21. The molecular formula is C39H62N4Se. The van der Waals surface area contributed by atoms with Gasteiger partial charge in [-0.2, -0.15) is 0 Å². The van der Waals surface area contributed by atoms with Gasteiger partial charge in [-0.1, -0.05) is 78.0 Å². The van der Waals surface area contributed by atoms with Gasteiger partial charge < -0.3 is 11.5 Å². The maximum atomic E-state index is 6.15. The zero-order chi connectivity index (χ0) is 32.8. The van der Waals surface area contributed by atoms with E-state index in [2.05, 4.69) is 96.3 Å². The van der Waals surface area contributed by atoms with Crippen molar-refractivity contribution in [1.82, 2.24) is 3.92 Å². The summed E-state index contributed by atoms with van der Waals surface area (Å²) in [6.07, 6.45) is 12.9. The Hall–Kier alpha value is -2.14. The Balaban J connectivity index is 0.000000783. The van der Waals surface area contributed by atoms with Crippen molar-refractivity contribution in [2.45, 2.75) is 97.0 Å². The molecule has 2 aromatic rings. The number of hydrogen-bond donors (Lipinski definition) is 3. The van der Waals surface area contributed by atoms with Crippen molar-refractivity contribution in [2.75, 3.05) is 26.5 Å². The second-order valence-electron chi connectivity index (χ2n) is 11.3. The van der Waals surface area contributed by atoms with Crippen molar-refractivity contribution < 1.29 is 0 Å². The quantitative estimate of drug-likeness (QED) is 0.195. The first kappa shape index (κ1) is 38.0. The van der Waals surface area contributed by atoms with Gasteiger partial charge >= 0.3 is 164 Å². The van der Waals surface area contributed by atoms with E-state index in [1.54, 1.807) is 0 Å². The standard InChI is InChI=1S/C32H39N3Se.3C2H6.CH5N/c1-20(27-18-24(27)8-6-16-36-35(2)3)22-12-15-30-28(17-22)31-26-9-5-4-7-23(26)19-29(31)32(34-30)21-10-13-25(33)14-11-21;4*1-2/h4-5,7,9-13,15,17,24-25,27,29,31-32,34H,1,6,8,14,16,18-19,33H2,2-3H3;3*1-2H3;2H2,1H3. The Kier molecular flexibility index (Phi) is 16.8. The van der Waals surface area contributed by atoms with Crippen LogP contribution in [0, 0.1) is 17.8 Å². The van der Waals surface area contributed by atoms with E-state index < -0.39 is 0 Å². The Morgan fingerprint density at radius 3 is 2.36 bits per heavy atom. The van der Waals surface area contributed by atoms with Crippen LogP contribution in [0.25, 0.3) is 5.57 Å². The van der Waals surface area contributed by atoms with Gasteiger partial charge in [-0.25, -0.2) is 0 Å². The number of nitrogens with two attached hydrogens (primary N) is 2. The molecule has 4 nitrogen and oxygen atoms in total. The van der Waals surface area contributed by atoms with Crippen LogP contribution in [0.5, 0.6) is 0 Å². The molecule has 4 aliphatic rings. The third-order valence-corrected chi connectivity index (χ3v) is 10.8. The maximum Gasteiger partial charge on any atom is -0.0195 e. The fourth-order valence-corrected chi connectivity index (χ4v) is 8.16. The van der Waals surface area contributed by atoms with Crippen LogP contribution in [0.4, 0.5) is 5.69 Å². The minimum absolute atomic E-state index is 0.148. The third-order valence-electron chi connectivity index (χ3n) is 8.73. The molecule has 0 radical (unpaired) electrons. The predicted molar refractivity (Wildman–Crippen MR) is 197 cm³/mol. The van der Waals surface area contributed by atoms with Crippen LogP contribution < -0.4 is 16.8 Å². The number of hydrogen-bond acceptors (Lipinski definition) is 4. The molecule has 5 N–H and O–H groups in total. The van der Waals surface area contributed by atoms with Gasteiger partial charge in [0.05, 0.1) is 0 Å². The second-order valence-corrected chi connectivity index (χ2v) is 14.3. The summed E-state index contributed by atoms with van der Waals surface area (Å²) in [4.78, 5) is 0. The second kappa shape index (κ2) is 19.4. The van der Waals surface area contributed by atoms with Crippen molar-refractivity contribution in [1.29, 1.82) is 0 Å². The average Bonchev–Trinajstić information content (AvgIpc) is 3.75. The number of allylic oxidation sites excluding steroid dienone is 1. The van der Waals surface area contributed by atoms with Gasteiger partial charge in [0.25, 0.3) is 0 Å². The van der Waals surface area contributed by atoms with E-state index >= 15 is 0 Å². The minimum atomic E-state index is 0.148. The number of anilines is 1. The maximum absolute atomic E-state index is 6.15. The first-order valence-electron chi connectivity index (χ1n) is 17.2. The molecule has 2 aromatic carbocycles. The van der Waals surface area contributed by atoms with Crippen molar-refractivity contribution in [2.24, 2.45) is 29.2 Å². The van der Waals surface area contributed by atoms with Crippen LogP contribution in [-0.2, 0) is 6.42 Å². The molecule has 6 unspecified atom stereocenters. The molecule has 0 amide bonds. The Morgan fingerprint density at radius 2 is 1.70 bits per heavy atom. The van der Waals surface area contributed by atoms with Gasteiger partial charge in [0, 0.05) is 6.04 Å². The molecule has 1 aliphatic heterocycles. The molecule has 44 heavy (non-hydrogen) atoms. The molecule has 1 saturated carbocycles. The summed E-state index contributed by atoms with van der Waals surface area (Å²) < 4.78 is 2.35. The van der Waals surface area contributed by atoms with Crippen LogP contribution in [0.1, 0.15) is 95.4 Å². The molecule has 1 fully saturated rings. The predicted octanol–water partition coefficient (Wildman–Crippen LogP) is 8.68. The summed E-state index contributed by atoms with van der Waals surface area (Å²) in [6, 6.07) is 16.7. The van der Waals surface area contributed by atoms with E-state index in [1.807, 2.05) is 41.5 Å². The summed E-state index contributed by atoms with van der Waals surface area (Å²) >= 11 is 0.647. The van der Waals surface area contributed by atoms with Gasteiger partial charge in [-0.3, -0.25) is 0 Å². The molecule has 0 spiro atoms. The Morgan fingerprint density at radius 1 is 1.00 bits per heavy atom. The molecule has 0 bridgehead atoms. The van der Waals surface area contributed by atoms with Gasteiger partial charge in [-0.05, 0) is 19.0 Å². The molecule has 0 saturated heterocycles. The number of nitrogens with one attached hydrogen (secondary N) is 1. The summed E-state index contributed by atoms with van der Waals surface area (Å²) in [5.74, 6) is 2.47. The van der Waals surface area contributed by atoms with Crippen LogP contribution in [-0.4, -0.2) is 52.3 Å². The number of fused-ring (bicyclic) bond motifs is 5. The minimum Gasteiger partial charge on any atom is -0.333 e. The molecule has 0 aromatic heterocycles. The van der Waals surface area contributed by atoms with Crippen molar-refractivity contribution in [3.63, 3.8) is 0 Å². The van der Waals surface area contributed by atoms with Gasteiger partial charge in [0.2, 0.25) is 0 Å². The average molecular weight is 666 g/mol. The van der Waals surface area contributed by atoms with E-state index in [1.165, 1.54) is 70.7 Å². The fraction of sp³-hybridized carbons (Fsp3) is 0.538. The van der Waals surface area contributed by atoms with Crippen molar-refractivity contribution in [3.8, 4) is 0 Å². The molecule has 244 valence electrons. The molecule has 6 atom stereocenters. The molecule has 3 aliphatic carbocycles. The van der Waals surface area contributed by atoms with Crippen molar-refractivity contribution >= 4 is 26.4 Å². The number of benzene rings is 2. The molecular weight excluding hydrogens is 603 g/mol. The normalized spacial score (nSPS) is 24.9.